The van der Waals surface area contributed by atoms with E-state index in [9.17, 15) is 4.79 Å². The summed E-state index contributed by atoms with van der Waals surface area (Å²) in [6, 6.07) is 5.70. The van der Waals surface area contributed by atoms with Crippen molar-refractivity contribution in [3.05, 3.63) is 46.5 Å². The summed E-state index contributed by atoms with van der Waals surface area (Å²) in [6.45, 7) is 3.13. The SMILES string of the molecule is Cc1cccc(NC(=O)c2cn(CCN)cn2)c1Br. The van der Waals surface area contributed by atoms with Crippen molar-refractivity contribution in [3.63, 3.8) is 0 Å². The number of carbonyl (C=O) groups is 1. The van der Waals surface area contributed by atoms with E-state index in [1.54, 1.807) is 17.1 Å². The van der Waals surface area contributed by atoms with Gasteiger partial charge < -0.3 is 15.6 Å². The molecule has 0 aliphatic carbocycles. The van der Waals surface area contributed by atoms with Gasteiger partial charge in [0.2, 0.25) is 0 Å². The van der Waals surface area contributed by atoms with Crippen LogP contribution in [0.25, 0.3) is 0 Å². The number of hydrogen-bond donors (Lipinski definition) is 2. The van der Waals surface area contributed by atoms with Crippen molar-refractivity contribution in [2.45, 2.75) is 13.5 Å². The van der Waals surface area contributed by atoms with Gasteiger partial charge in [-0.25, -0.2) is 4.98 Å². The van der Waals surface area contributed by atoms with E-state index in [1.807, 2.05) is 25.1 Å². The van der Waals surface area contributed by atoms with E-state index < -0.39 is 0 Å². The third-order valence-electron chi connectivity index (χ3n) is 2.69. The van der Waals surface area contributed by atoms with Gasteiger partial charge in [-0.3, -0.25) is 4.79 Å². The van der Waals surface area contributed by atoms with Gasteiger partial charge in [0.15, 0.2) is 0 Å². The van der Waals surface area contributed by atoms with Gasteiger partial charge in [-0.1, -0.05) is 12.1 Å². The number of nitrogens with zero attached hydrogens (tertiary/aromatic N) is 2. The topological polar surface area (TPSA) is 72.9 Å². The Hall–Kier alpha value is -1.66. The number of halogens is 1. The normalized spacial score (nSPS) is 10.5. The fourth-order valence-corrected chi connectivity index (χ4v) is 2.04. The molecule has 3 N–H and O–H groups in total. The maximum absolute atomic E-state index is 12.1. The van der Waals surface area contributed by atoms with Crippen LogP contribution < -0.4 is 11.1 Å². The molecule has 2 rings (SSSR count). The number of amides is 1. The van der Waals surface area contributed by atoms with E-state index in [0.29, 0.717) is 18.8 Å². The summed E-state index contributed by atoms with van der Waals surface area (Å²) in [5.41, 5.74) is 7.62. The zero-order chi connectivity index (χ0) is 13.8. The molecule has 1 heterocycles. The van der Waals surface area contributed by atoms with Crippen LogP contribution in [0.1, 0.15) is 16.1 Å². The third-order valence-corrected chi connectivity index (χ3v) is 3.75. The largest absolute Gasteiger partial charge is 0.335 e. The van der Waals surface area contributed by atoms with Crippen LogP contribution in [-0.4, -0.2) is 22.0 Å². The van der Waals surface area contributed by atoms with Crippen molar-refractivity contribution in [2.75, 3.05) is 11.9 Å². The van der Waals surface area contributed by atoms with Crippen LogP contribution in [0, 0.1) is 6.92 Å². The van der Waals surface area contributed by atoms with Gasteiger partial charge >= 0.3 is 0 Å². The molecule has 0 atom stereocenters. The standard InChI is InChI=1S/C13H15BrN4O/c1-9-3-2-4-10(12(9)14)17-13(19)11-7-18(6-5-15)8-16-11/h2-4,7-8H,5-6,15H2,1H3,(H,17,19). The number of hydrogen-bond acceptors (Lipinski definition) is 3. The van der Waals surface area contributed by atoms with Crippen LogP contribution in [0.2, 0.25) is 0 Å². The summed E-state index contributed by atoms with van der Waals surface area (Å²) in [5, 5.41) is 2.83. The molecule has 0 saturated carbocycles. The molecule has 19 heavy (non-hydrogen) atoms. The lowest BCUT2D eigenvalue weighted by molar-refractivity contribution is 0.102. The Labute approximate surface area is 120 Å². The predicted molar refractivity (Wildman–Crippen MR) is 78.1 cm³/mol. The van der Waals surface area contributed by atoms with Gasteiger partial charge in [0.25, 0.3) is 5.91 Å². The van der Waals surface area contributed by atoms with Crippen molar-refractivity contribution in [1.82, 2.24) is 9.55 Å². The van der Waals surface area contributed by atoms with E-state index in [-0.39, 0.29) is 5.91 Å². The van der Waals surface area contributed by atoms with Crippen molar-refractivity contribution in [2.24, 2.45) is 5.73 Å². The summed E-state index contributed by atoms with van der Waals surface area (Å²) < 4.78 is 2.67. The van der Waals surface area contributed by atoms with E-state index in [1.165, 1.54) is 0 Å². The summed E-state index contributed by atoms with van der Waals surface area (Å²) in [4.78, 5) is 16.1. The Bertz CT molecular complexity index is 594. The Morgan fingerprint density at radius 1 is 1.53 bits per heavy atom. The highest BCUT2D eigenvalue weighted by Crippen LogP contribution is 2.25. The first-order chi connectivity index (χ1) is 9.11. The Kier molecular flexibility index (Phi) is 4.34. The van der Waals surface area contributed by atoms with Gasteiger partial charge in [0, 0.05) is 23.8 Å². The summed E-state index contributed by atoms with van der Waals surface area (Å²) in [7, 11) is 0. The first-order valence-corrected chi connectivity index (χ1v) is 6.69. The number of aromatic nitrogens is 2. The quantitative estimate of drug-likeness (QED) is 0.906. The van der Waals surface area contributed by atoms with Crippen LogP contribution in [0.3, 0.4) is 0 Å². The smallest absolute Gasteiger partial charge is 0.275 e. The number of anilines is 1. The van der Waals surface area contributed by atoms with Gasteiger partial charge in [-0.15, -0.1) is 0 Å². The highest BCUT2D eigenvalue weighted by Gasteiger charge is 2.11. The highest BCUT2D eigenvalue weighted by atomic mass is 79.9. The molecule has 0 aliphatic rings. The number of nitrogens with one attached hydrogen (secondary N) is 1. The Morgan fingerprint density at radius 3 is 3.05 bits per heavy atom. The van der Waals surface area contributed by atoms with Gasteiger partial charge in [-0.05, 0) is 34.5 Å². The number of imidazole rings is 1. The summed E-state index contributed by atoms with van der Waals surface area (Å²) in [6.07, 6.45) is 3.29. The fraction of sp³-hybridized carbons (Fsp3) is 0.231. The summed E-state index contributed by atoms with van der Waals surface area (Å²) in [5.74, 6) is -0.234. The van der Waals surface area contributed by atoms with E-state index >= 15 is 0 Å². The highest BCUT2D eigenvalue weighted by molar-refractivity contribution is 9.10. The molecule has 0 aliphatic heterocycles. The molecule has 0 unspecified atom stereocenters. The third kappa shape index (κ3) is 3.21. The number of aryl methyl sites for hydroxylation is 1. The minimum absolute atomic E-state index is 0.234. The summed E-state index contributed by atoms with van der Waals surface area (Å²) >= 11 is 3.45. The minimum Gasteiger partial charge on any atom is -0.335 e. The molecule has 1 amide bonds. The van der Waals surface area contributed by atoms with Crippen LogP contribution in [0.15, 0.2) is 35.2 Å². The molecular formula is C13H15BrN4O. The average Bonchev–Trinajstić information content (AvgIpc) is 2.84. The maximum atomic E-state index is 12.1. The zero-order valence-corrected chi connectivity index (χ0v) is 12.1. The van der Waals surface area contributed by atoms with Crippen molar-refractivity contribution in [1.29, 1.82) is 0 Å². The second-order valence-electron chi connectivity index (χ2n) is 4.18. The van der Waals surface area contributed by atoms with E-state index in [2.05, 4.69) is 26.2 Å². The van der Waals surface area contributed by atoms with Gasteiger partial charge in [0.05, 0.1) is 12.0 Å². The van der Waals surface area contributed by atoms with Gasteiger partial charge in [0.1, 0.15) is 5.69 Å². The average molecular weight is 323 g/mol. The van der Waals surface area contributed by atoms with Crippen molar-refractivity contribution < 1.29 is 4.79 Å². The molecule has 1 aromatic heterocycles. The number of carbonyl (C=O) groups excluding carboxylic acids is 1. The lowest BCUT2D eigenvalue weighted by Gasteiger charge is -2.07. The first-order valence-electron chi connectivity index (χ1n) is 5.90. The van der Waals surface area contributed by atoms with E-state index in [0.717, 1.165) is 15.7 Å². The second-order valence-corrected chi connectivity index (χ2v) is 4.97. The number of nitrogens with two attached hydrogens (primary N) is 1. The molecule has 5 nitrogen and oxygen atoms in total. The number of rotatable bonds is 4. The van der Waals surface area contributed by atoms with Gasteiger partial charge in [-0.2, -0.15) is 0 Å². The minimum atomic E-state index is -0.234. The zero-order valence-electron chi connectivity index (χ0n) is 10.6. The maximum Gasteiger partial charge on any atom is 0.275 e. The first kappa shape index (κ1) is 13.8. The molecule has 0 spiro atoms. The molecule has 6 heteroatoms. The molecule has 0 saturated heterocycles. The Balaban J connectivity index is 2.14. The van der Waals surface area contributed by atoms with Crippen LogP contribution >= 0.6 is 15.9 Å². The lowest BCUT2D eigenvalue weighted by atomic mass is 10.2. The monoisotopic (exact) mass is 322 g/mol. The predicted octanol–water partition coefficient (Wildman–Crippen LogP) is 2.17. The van der Waals surface area contributed by atoms with Crippen LogP contribution in [-0.2, 0) is 6.54 Å². The molecule has 100 valence electrons. The molecular weight excluding hydrogens is 308 g/mol. The lowest BCUT2D eigenvalue weighted by Crippen LogP contribution is -2.13. The van der Waals surface area contributed by atoms with Crippen LogP contribution in [0.4, 0.5) is 5.69 Å². The molecule has 0 radical (unpaired) electrons. The molecule has 2 aromatic rings. The molecule has 1 aromatic carbocycles. The second kappa shape index (κ2) is 5.99. The Morgan fingerprint density at radius 2 is 2.32 bits per heavy atom. The number of benzene rings is 1. The fourth-order valence-electron chi connectivity index (χ4n) is 1.68. The van der Waals surface area contributed by atoms with Crippen LogP contribution in [0.5, 0.6) is 0 Å². The van der Waals surface area contributed by atoms with Crippen molar-refractivity contribution >= 4 is 27.5 Å². The van der Waals surface area contributed by atoms with Crippen molar-refractivity contribution in [3.8, 4) is 0 Å². The van der Waals surface area contributed by atoms with E-state index in [4.69, 9.17) is 5.73 Å². The molecule has 0 fully saturated rings. The molecule has 0 bridgehead atoms.